The van der Waals surface area contributed by atoms with Gasteiger partial charge >= 0.3 is 0 Å². The molecule has 0 bridgehead atoms. The van der Waals surface area contributed by atoms with Crippen LogP contribution in [0.5, 0.6) is 0 Å². The Morgan fingerprint density at radius 2 is 2.12 bits per heavy atom. The first-order chi connectivity index (χ1) is 11.6. The molecule has 1 N–H and O–H groups in total. The smallest absolute Gasteiger partial charge is 0.244 e. The van der Waals surface area contributed by atoms with Gasteiger partial charge in [-0.15, -0.1) is 22.0 Å². The van der Waals surface area contributed by atoms with Gasteiger partial charge in [0.15, 0.2) is 5.82 Å². The first-order valence-corrected chi connectivity index (χ1v) is 9.80. The van der Waals surface area contributed by atoms with Gasteiger partial charge in [0.05, 0.1) is 12.4 Å². The van der Waals surface area contributed by atoms with E-state index in [-0.39, 0.29) is 17.9 Å². The monoisotopic (exact) mass is 351 g/mol. The number of carbonyl (C=O) groups is 2. The van der Waals surface area contributed by atoms with Crippen LogP contribution in [0.3, 0.4) is 0 Å². The molecule has 1 saturated carbocycles. The molecule has 24 heavy (non-hydrogen) atoms. The summed E-state index contributed by atoms with van der Waals surface area (Å²) in [7, 11) is 1.96. The molecule has 0 spiro atoms. The summed E-state index contributed by atoms with van der Waals surface area (Å²) in [6, 6.07) is -0.367. The number of hydrogen-bond donors (Lipinski definition) is 1. The number of rotatable bonds is 6. The molecule has 8 heteroatoms. The Morgan fingerprint density at radius 3 is 2.79 bits per heavy atom. The first kappa shape index (κ1) is 17.3. The third-order valence-electron chi connectivity index (χ3n) is 4.86. The third kappa shape index (κ3) is 3.43. The lowest BCUT2D eigenvalue weighted by Crippen LogP contribution is -2.47. The molecule has 2 heterocycles. The molecule has 0 aromatic carbocycles. The summed E-state index contributed by atoms with van der Waals surface area (Å²) in [6.45, 7) is 2.33. The highest BCUT2D eigenvalue weighted by molar-refractivity contribution is 7.99. The number of nitrogens with one attached hydrogen (secondary N) is 1. The molecule has 1 atom stereocenters. The van der Waals surface area contributed by atoms with E-state index < -0.39 is 0 Å². The molecular weight excluding hydrogens is 326 g/mol. The van der Waals surface area contributed by atoms with E-state index in [0.717, 1.165) is 18.1 Å². The maximum atomic E-state index is 12.5. The van der Waals surface area contributed by atoms with Gasteiger partial charge in [-0.25, -0.2) is 0 Å². The van der Waals surface area contributed by atoms with Crippen molar-refractivity contribution < 1.29 is 9.59 Å². The van der Waals surface area contributed by atoms with Crippen LogP contribution in [0.1, 0.15) is 56.6 Å². The molecule has 2 fully saturated rings. The van der Waals surface area contributed by atoms with Crippen LogP contribution >= 0.6 is 11.8 Å². The van der Waals surface area contributed by atoms with E-state index in [1.54, 1.807) is 16.7 Å². The Bertz CT molecular complexity index is 614. The van der Waals surface area contributed by atoms with Crippen LogP contribution in [-0.2, 0) is 23.2 Å². The zero-order valence-electron chi connectivity index (χ0n) is 14.3. The SMILES string of the molecule is CCCC(=O)N1CSC[C@H]1C(=O)NCc1nnc(C2CCC2)n1C. The minimum atomic E-state index is -0.367. The summed E-state index contributed by atoms with van der Waals surface area (Å²) in [5.41, 5.74) is 0. The van der Waals surface area contributed by atoms with Gasteiger partial charge in [0.1, 0.15) is 11.9 Å². The van der Waals surface area contributed by atoms with Gasteiger partial charge in [-0.3, -0.25) is 9.59 Å². The quantitative estimate of drug-likeness (QED) is 0.838. The van der Waals surface area contributed by atoms with Crippen LogP contribution in [0, 0.1) is 0 Å². The molecule has 2 amide bonds. The van der Waals surface area contributed by atoms with Gasteiger partial charge in [0, 0.05) is 25.1 Å². The summed E-state index contributed by atoms with van der Waals surface area (Å²) in [5, 5.41) is 11.4. The fourth-order valence-electron chi connectivity index (χ4n) is 3.10. The maximum absolute atomic E-state index is 12.5. The summed E-state index contributed by atoms with van der Waals surface area (Å²) in [4.78, 5) is 26.3. The van der Waals surface area contributed by atoms with Crippen LogP contribution < -0.4 is 5.32 Å². The molecule has 3 rings (SSSR count). The van der Waals surface area contributed by atoms with Crippen molar-refractivity contribution in [2.45, 2.75) is 57.5 Å². The zero-order valence-corrected chi connectivity index (χ0v) is 15.1. The molecule has 1 saturated heterocycles. The summed E-state index contributed by atoms with van der Waals surface area (Å²) in [6.07, 6.45) is 4.90. The topological polar surface area (TPSA) is 80.1 Å². The van der Waals surface area contributed by atoms with Crippen LogP contribution in [0.25, 0.3) is 0 Å². The minimum Gasteiger partial charge on any atom is -0.347 e. The highest BCUT2D eigenvalue weighted by Gasteiger charge is 2.34. The van der Waals surface area contributed by atoms with Gasteiger partial charge in [-0.1, -0.05) is 13.3 Å². The van der Waals surface area contributed by atoms with Crippen molar-refractivity contribution >= 4 is 23.6 Å². The highest BCUT2D eigenvalue weighted by atomic mass is 32.2. The second-order valence-electron chi connectivity index (χ2n) is 6.51. The molecule has 7 nitrogen and oxygen atoms in total. The number of thioether (sulfide) groups is 1. The largest absolute Gasteiger partial charge is 0.347 e. The van der Waals surface area contributed by atoms with E-state index in [4.69, 9.17) is 0 Å². The fourth-order valence-corrected chi connectivity index (χ4v) is 4.28. The maximum Gasteiger partial charge on any atom is 0.244 e. The number of amides is 2. The number of aromatic nitrogens is 3. The molecule has 0 unspecified atom stereocenters. The van der Waals surface area contributed by atoms with Crippen LogP contribution in [0.2, 0.25) is 0 Å². The standard InChI is InChI=1S/C16H25N5O2S/c1-3-5-14(22)21-10-24-9-12(21)16(23)17-8-13-18-19-15(20(13)2)11-6-4-7-11/h11-12H,3-10H2,1-2H3,(H,17,23)/t12-/m0/s1. The van der Waals surface area contributed by atoms with Crippen molar-refractivity contribution in [3.63, 3.8) is 0 Å². The molecule has 1 aromatic heterocycles. The van der Waals surface area contributed by atoms with E-state index in [1.165, 1.54) is 19.3 Å². The van der Waals surface area contributed by atoms with Crippen molar-refractivity contribution in [1.82, 2.24) is 25.0 Å². The summed E-state index contributed by atoms with van der Waals surface area (Å²) in [5.74, 6) is 3.52. The van der Waals surface area contributed by atoms with E-state index in [9.17, 15) is 9.59 Å². The van der Waals surface area contributed by atoms with Gasteiger partial charge in [0.25, 0.3) is 0 Å². The lowest BCUT2D eigenvalue weighted by molar-refractivity contribution is -0.138. The van der Waals surface area contributed by atoms with Gasteiger partial charge in [-0.05, 0) is 19.3 Å². The number of carbonyl (C=O) groups excluding carboxylic acids is 2. The second-order valence-corrected chi connectivity index (χ2v) is 7.51. The minimum absolute atomic E-state index is 0.0635. The van der Waals surface area contributed by atoms with Crippen molar-refractivity contribution in [3.05, 3.63) is 11.6 Å². The zero-order chi connectivity index (χ0) is 17.1. The molecule has 1 aliphatic heterocycles. The van der Waals surface area contributed by atoms with E-state index in [0.29, 0.717) is 30.5 Å². The Kier molecular flexibility index (Phi) is 5.43. The van der Waals surface area contributed by atoms with Crippen LogP contribution in [-0.4, -0.2) is 49.2 Å². The normalized spacial score (nSPS) is 20.9. The van der Waals surface area contributed by atoms with Crippen molar-refractivity contribution in [3.8, 4) is 0 Å². The third-order valence-corrected chi connectivity index (χ3v) is 5.87. The number of hydrogen-bond acceptors (Lipinski definition) is 5. The van der Waals surface area contributed by atoms with Crippen molar-refractivity contribution in [2.75, 3.05) is 11.6 Å². The molecule has 1 aliphatic carbocycles. The molecule has 2 aliphatic rings. The second kappa shape index (κ2) is 7.55. The Labute approximate surface area is 146 Å². The predicted octanol–water partition coefficient (Wildman–Crippen LogP) is 1.40. The number of nitrogens with zero attached hydrogens (tertiary/aromatic N) is 4. The van der Waals surface area contributed by atoms with Crippen molar-refractivity contribution in [1.29, 1.82) is 0 Å². The fraction of sp³-hybridized carbons (Fsp3) is 0.750. The molecule has 1 aromatic rings. The first-order valence-electron chi connectivity index (χ1n) is 8.65. The van der Waals surface area contributed by atoms with Gasteiger partial charge in [-0.2, -0.15) is 0 Å². The molecular formula is C16H25N5O2S. The average Bonchev–Trinajstić information content (AvgIpc) is 3.12. The van der Waals surface area contributed by atoms with Gasteiger partial charge in [0.2, 0.25) is 11.8 Å². The molecule has 0 radical (unpaired) electrons. The summed E-state index contributed by atoms with van der Waals surface area (Å²) >= 11 is 1.63. The van der Waals surface area contributed by atoms with E-state index in [2.05, 4.69) is 15.5 Å². The molecule has 132 valence electrons. The van der Waals surface area contributed by atoms with Crippen LogP contribution in [0.15, 0.2) is 0 Å². The Morgan fingerprint density at radius 1 is 1.33 bits per heavy atom. The lowest BCUT2D eigenvalue weighted by Gasteiger charge is -2.24. The Balaban J connectivity index is 1.57. The highest BCUT2D eigenvalue weighted by Crippen LogP contribution is 2.35. The average molecular weight is 351 g/mol. The van der Waals surface area contributed by atoms with Crippen molar-refractivity contribution in [2.24, 2.45) is 7.05 Å². The van der Waals surface area contributed by atoms with Crippen LogP contribution in [0.4, 0.5) is 0 Å². The summed E-state index contributed by atoms with van der Waals surface area (Å²) < 4.78 is 1.99. The van der Waals surface area contributed by atoms with E-state index in [1.807, 2.05) is 18.5 Å². The predicted molar refractivity (Wildman–Crippen MR) is 92.3 cm³/mol. The van der Waals surface area contributed by atoms with Gasteiger partial charge < -0.3 is 14.8 Å². The lowest BCUT2D eigenvalue weighted by atomic mass is 9.85. The van der Waals surface area contributed by atoms with E-state index >= 15 is 0 Å². The Hall–Kier alpha value is -1.57.